The number of amides is 1. The Morgan fingerprint density at radius 3 is 2.44 bits per heavy atom. The van der Waals surface area contributed by atoms with Gasteiger partial charge in [0.25, 0.3) is 12.3 Å². The van der Waals surface area contributed by atoms with Crippen LogP contribution in [0.5, 0.6) is 0 Å². The first-order valence-corrected chi connectivity index (χ1v) is 4.78. The van der Waals surface area contributed by atoms with Crippen LogP contribution >= 0.6 is 0 Å². The summed E-state index contributed by atoms with van der Waals surface area (Å²) in [5.41, 5.74) is 3.61. The van der Waals surface area contributed by atoms with Crippen molar-refractivity contribution >= 4 is 11.6 Å². The van der Waals surface area contributed by atoms with Crippen molar-refractivity contribution in [2.24, 2.45) is 0 Å². The molecular weight excluding hydrogens is 259 g/mol. The van der Waals surface area contributed by atoms with Crippen LogP contribution in [0.25, 0.3) is 0 Å². The van der Waals surface area contributed by atoms with E-state index in [0.717, 1.165) is 12.1 Å². The van der Waals surface area contributed by atoms with Crippen molar-refractivity contribution < 1.29 is 26.7 Å². The van der Waals surface area contributed by atoms with Crippen LogP contribution < -0.4 is 11.1 Å². The van der Waals surface area contributed by atoms with Crippen molar-refractivity contribution in [2.45, 2.75) is 12.6 Å². The molecule has 0 aliphatic rings. The molecule has 8 heteroatoms. The first-order chi connectivity index (χ1) is 8.34. The number of carbonyl (C=O) groups is 1. The maximum Gasteiger partial charge on any atom is 0.271 e. The summed E-state index contributed by atoms with van der Waals surface area (Å²) in [4.78, 5) is 11.3. The fourth-order valence-electron chi connectivity index (χ4n) is 1.14. The van der Waals surface area contributed by atoms with E-state index in [-0.39, 0.29) is 0 Å². The van der Waals surface area contributed by atoms with E-state index in [4.69, 9.17) is 5.73 Å². The zero-order valence-electron chi connectivity index (χ0n) is 8.89. The Morgan fingerprint density at radius 1 is 1.28 bits per heavy atom. The molecule has 0 aromatic heterocycles. The fraction of sp³-hybridized carbons (Fsp3) is 0.300. The fourth-order valence-corrected chi connectivity index (χ4v) is 1.14. The Balaban J connectivity index is 2.82. The second kappa shape index (κ2) is 5.65. The number of benzene rings is 1. The minimum Gasteiger partial charge on any atom is -0.396 e. The first kappa shape index (κ1) is 14.2. The molecule has 100 valence electrons. The largest absolute Gasteiger partial charge is 0.396 e. The van der Waals surface area contributed by atoms with Gasteiger partial charge in [0.05, 0.1) is 12.2 Å². The second-order valence-corrected chi connectivity index (χ2v) is 3.39. The lowest BCUT2D eigenvalue weighted by Gasteiger charge is -2.10. The van der Waals surface area contributed by atoms with Crippen LogP contribution in [0.2, 0.25) is 0 Å². The van der Waals surface area contributed by atoms with Crippen LogP contribution in [0.3, 0.4) is 0 Å². The number of nitrogens with one attached hydrogen (secondary N) is 1. The molecule has 0 spiro atoms. The third kappa shape index (κ3) is 3.08. The van der Waals surface area contributed by atoms with E-state index in [1.54, 1.807) is 5.32 Å². The Morgan fingerprint density at radius 2 is 1.89 bits per heavy atom. The van der Waals surface area contributed by atoms with E-state index in [0.29, 0.717) is 0 Å². The maximum absolute atomic E-state index is 13.3. The Bertz CT molecular complexity index is 452. The summed E-state index contributed by atoms with van der Waals surface area (Å²) in [6.07, 6.45) is -5.90. The predicted octanol–water partition coefficient (Wildman–Crippen LogP) is 1.88. The van der Waals surface area contributed by atoms with Crippen LogP contribution in [-0.4, -0.2) is 25.0 Å². The van der Waals surface area contributed by atoms with Crippen LogP contribution in [-0.2, 0) is 0 Å². The van der Waals surface area contributed by atoms with Crippen LogP contribution in [0.4, 0.5) is 27.6 Å². The minimum atomic E-state index is -3.29. The van der Waals surface area contributed by atoms with Crippen molar-refractivity contribution in [3.8, 4) is 0 Å². The monoisotopic (exact) mass is 268 g/mol. The van der Waals surface area contributed by atoms with Crippen molar-refractivity contribution in [3.63, 3.8) is 0 Å². The third-order valence-corrected chi connectivity index (χ3v) is 2.08. The van der Waals surface area contributed by atoms with Gasteiger partial charge in [-0.2, -0.15) is 0 Å². The lowest BCUT2D eigenvalue weighted by molar-refractivity contribution is 0.0487. The minimum absolute atomic E-state index is 0.479. The van der Waals surface area contributed by atoms with Gasteiger partial charge in [-0.1, -0.05) is 0 Å². The van der Waals surface area contributed by atoms with Gasteiger partial charge in [-0.15, -0.1) is 0 Å². The predicted molar refractivity (Wildman–Crippen MR) is 54.0 cm³/mol. The van der Waals surface area contributed by atoms with Gasteiger partial charge in [0.1, 0.15) is 11.4 Å². The van der Waals surface area contributed by atoms with Gasteiger partial charge in [0.2, 0.25) is 0 Å². The summed E-state index contributed by atoms with van der Waals surface area (Å²) in [5.74, 6) is -3.88. The molecule has 1 rings (SSSR count). The van der Waals surface area contributed by atoms with Crippen LogP contribution in [0, 0.1) is 11.6 Å². The molecule has 3 nitrogen and oxygen atoms in total. The number of nitrogen functional groups attached to an aromatic ring is 1. The van der Waals surface area contributed by atoms with E-state index in [1.807, 2.05) is 0 Å². The molecule has 1 aromatic carbocycles. The van der Waals surface area contributed by atoms with Gasteiger partial charge in [-0.3, -0.25) is 4.79 Å². The lowest BCUT2D eigenvalue weighted by Crippen LogP contribution is -2.34. The third-order valence-electron chi connectivity index (χ3n) is 2.08. The zero-order valence-corrected chi connectivity index (χ0v) is 8.89. The number of halogens is 5. The van der Waals surface area contributed by atoms with Gasteiger partial charge >= 0.3 is 0 Å². The zero-order chi connectivity index (χ0) is 13.9. The molecule has 1 aromatic rings. The van der Waals surface area contributed by atoms with E-state index in [9.17, 15) is 26.7 Å². The Kier molecular flexibility index (Phi) is 4.46. The summed E-state index contributed by atoms with van der Waals surface area (Å²) in [5, 5.41) is 1.66. The van der Waals surface area contributed by atoms with Crippen molar-refractivity contribution in [1.29, 1.82) is 0 Å². The molecule has 1 atom stereocenters. The van der Waals surface area contributed by atoms with E-state index in [2.05, 4.69) is 0 Å². The number of hydrogen-bond donors (Lipinski definition) is 2. The second-order valence-electron chi connectivity index (χ2n) is 3.39. The molecule has 1 unspecified atom stereocenters. The summed E-state index contributed by atoms with van der Waals surface area (Å²) in [6, 6.07) is 1.64. The topological polar surface area (TPSA) is 55.1 Å². The van der Waals surface area contributed by atoms with Crippen LogP contribution in [0.1, 0.15) is 10.4 Å². The number of alkyl halides is 3. The molecule has 0 fully saturated rings. The number of nitrogens with two attached hydrogens (primary N) is 1. The number of rotatable bonds is 4. The van der Waals surface area contributed by atoms with Crippen molar-refractivity contribution in [1.82, 2.24) is 5.32 Å². The van der Waals surface area contributed by atoms with Crippen molar-refractivity contribution in [2.75, 3.05) is 12.3 Å². The van der Waals surface area contributed by atoms with Gasteiger partial charge in [0.15, 0.2) is 12.0 Å². The SMILES string of the molecule is Nc1ccc(F)c(C(=O)NCC(F)C(F)F)c1F. The molecule has 3 N–H and O–H groups in total. The standard InChI is InChI=1S/C10H9F5N2O/c11-4-1-2-6(16)8(13)7(4)10(18)17-3-5(12)9(14)15/h1-2,5,9H,3,16H2,(H,17,18). The maximum atomic E-state index is 13.3. The van der Waals surface area contributed by atoms with Gasteiger partial charge in [-0.25, -0.2) is 22.0 Å². The molecule has 18 heavy (non-hydrogen) atoms. The summed E-state index contributed by atoms with van der Waals surface area (Å²) >= 11 is 0. The highest BCUT2D eigenvalue weighted by Crippen LogP contribution is 2.18. The highest BCUT2D eigenvalue weighted by Gasteiger charge is 2.23. The highest BCUT2D eigenvalue weighted by molar-refractivity contribution is 5.95. The number of anilines is 1. The normalized spacial score (nSPS) is 12.6. The lowest BCUT2D eigenvalue weighted by atomic mass is 10.1. The van der Waals surface area contributed by atoms with E-state index < -0.39 is 47.9 Å². The molecule has 0 aliphatic heterocycles. The number of carbonyl (C=O) groups excluding carboxylic acids is 1. The highest BCUT2D eigenvalue weighted by atomic mass is 19.3. The first-order valence-electron chi connectivity index (χ1n) is 4.78. The summed E-state index contributed by atoms with van der Waals surface area (Å²) in [6.45, 7) is -1.05. The molecule has 0 heterocycles. The van der Waals surface area contributed by atoms with Crippen LogP contribution in [0.15, 0.2) is 12.1 Å². The molecule has 0 bridgehead atoms. The Labute approximate surface area is 98.8 Å². The molecular formula is C10H9F5N2O. The molecule has 0 aliphatic carbocycles. The average Bonchev–Trinajstić information content (AvgIpc) is 2.31. The van der Waals surface area contributed by atoms with Gasteiger partial charge in [-0.05, 0) is 12.1 Å². The quantitative estimate of drug-likeness (QED) is 0.647. The van der Waals surface area contributed by atoms with Gasteiger partial charge < -0.3 is 11.1 Å². The molecule has 0 saturated carbocycles. The molecule has 0 saturated heterocycles. The molecule has 0 radical (unpaired) electrons. The smallest absolute Gasteiger partial charge is 0.271 e. The van der Waals surface area contributed by atoms with E-state index in [1.165, 1.54) is 0 Å². The number of hydrogen-bond acceptors (Lipinski definition) is 2. The van der Waals surface area contributed by atoms with E-state index >= 15 is 0 Å². The molecule has 1 amide bonds. The Hall–Kier alpha value is -1.86. The van der Waals surface area contributed by atoms with Gasteiger partial charge in [0, 0.05) is 0 Å². The summed E-state index contributed by atoms with van der Waals surface area (Å²) < 4.78 is 62.6. The average molecular weight is 268 g/mol. The van der Waals surface area contributed by atoms with Crippen molar-refractivity contribution in [3.05, 3.63) is 29.3 Å². The summed E-state index contributed by atoms with van der Waals surface area (Å²) in [7, 11) is 0.